The molecule has 1 saturated heterocycles. The Labute approximate surface area is 219 Å². The second-order valence-corrected chi connectivity index (χ2v) is 11.0. The van der Waals surface area contributed by atoms with Crippen LogP contribution in [0.5, 0.6) is 0 Å². The van der Waals surface area contributed by atoms with Crippen LogP contribution in [0.2, 0.25) is 5.02 Å². The van der Waals surface area contributed by atoms with Crippen LogP contribution in [-0.2, 0) is 0 Å². The number of aryl methyl sites for hydroxylation is 1. The van der Waals surface area contributed by atoms with Crippen LogP contribution in [0, 0.1) is 6.92 Å². The zero-order chi connectivity index (χ0) is 25.4. The van der Waals surface area contributed by atoms with E-state index in [4.69, 9.17) is 11.6 Å². The smallest absolute Gasteiger partial charge is 0.255 e. The lowest BCUT2D eigenvalue weighted by molar-refractivity contribution is 0.102. The van der Waals surface area contributed by atoms with Gasteiger partial charge in [-0.1, -0.05) is 24.4 Å². The van der Waals surface area contributed by atoms with E-state index in [0.29, 0.717) is 34.3 Å². The fraction of sp³-hybridized carbons (Fsp3) is 0.448. The molecule has 2 atom stereocenters. The molecule has 190 valence electrons. The van der Waals surface area contributed by atoms with Crippen molar-refractivity contribution in [2.75, 3.05) is 30.4 Å². The van der Waals surface area contributed by atoms with Crippen LogP contribution >= 0.6 is 11.6 Å². The number of carbonyl (C=O) groups is 1. The van der Waals surface area contributed by atoms with Gasteiger partial charge in [-0.25, -0.2) is 4.98 Å². The van der Waals surface area contributed by atoms with Gasteiger partial charge in [-0.05, 0) is 82.6 Å². The standard InChI is InChI=1S/C29H36ClN5O/c1-18-13-23(35-16-19(2)34(4)20(3)17-35)10-11-24(18)29(36)32-22-9-12-26(30)25(14-22)28-31-15-27(33-28)21-7-5-6-8-21/h9-15,19-21H,5-8,16-17H2,1-4H3,(H,31,33)(H,32,36)/t19-,20+. The Kier molecular flexibility index (Phi) is 7.09. The average molecular weight is 506 g/mol. The minimum Gasteiger partial charge on any atom is -0.368 e. The Hall–Kier alpha value is -2.83. The minimum absolute atomic E-state index is 0.126. The van der Waals surface area contributed by atoms with Crippen LogP contribution in [0.25, 0.3) is 11.4 Å². The number of imidazole rings is 1. The van der Waals surface area contributed by atoms with Gasteiger partial charge in [-0.15, -0.1) is 0 Å². The molecule has 2 fully saturated rings. The summed E-state index contributed by atoms with van der Waals surface area (Å²) in [5, 5.41) is 3.67. The summed E-state index contributed by atoms with van der Waals surface area (Å²) in [4.78, 5) is 26.1. The third-order valence-electron chi connectivity index (χ3n) is 8.05. The quantitative estimate of drug-likeness (QED) is 0.416. The second kappa shape index (κ2) is 10.3. The van der Waals surface area contributed by atoms with E-state index >= 15 is 0 Å². The Bertz CT molecular complexity index is 1240. The van der Waals surface area contributed by atoms with Crippen molar-refractivity contribution in [1.29, 1.82) is 0 Å². The number of carbonyl (C=O) groups excluding carboxylic acids is 1. The molecule has 36 heavy (non-hydrogen) atoms. The SMILES string of the molecule is Cc1cc(N2C[C@@H](C)N(C)[C@@H](C)C2)ccc1C(=O)Nc1ccc(Cl)c(-c2ncc(C3CCCC3)[nH]2)c1. The van der Waals surface area contributed by atoms with Crippen molar-refractivity contribution in [3.63, 3.8) is 0 Å². The summed E-state index contributed by atoms with van der Waals surface area (Å²) in [7, 11) is 2.19. The van der Waals surface area contributed by atoms with Gasteiger partial charge < -0.3 is 15.2 Å². The minimum atomic E-state index is -0.126. The molecule has 5 rings (SSSR count). The first-order valence-electron chi connectivity index (χ1n) is 13.0. The number of piperazine rings is 1. The molecule has 0 bridgehead atoms. The maximum Gasteiger partial charge on any atom is 0.255 e. The fourth-order valence-corrected chi connectivity index (χ4v) is 5.82. The molecule has 2 aromatic carbocycles. The highest BCUT2D eigenvalue weighted by atomic mass is 35.5. The van der Waals surface area contributed by atoms with Gasteiger partial charge in [0.1, 0.15) is 5.82 Å². The van der Waals surface area contributed by atoms with Crippen molar-refractivity contribution >= 4 is 28.9 Å². The highest BCUT2D eigenvalue weighted by molar-refractivity contribution is 6.33. The number of hydrogen-bond donors (Lipinski definition) is 2. The first-order chi connectivity index (χ1) is 17.3. The molecule has 1 aliphatic carbocycles. The lowest BCUT2D eigenvalue weighted by Gasteiger charge is -2.43. The number of amides is 1. The number of nitrogens with zero attached hydrogens (tertiary/aromatic N) is 3. The molecule has 2 heterocycles. The van der Waals surface area contributed by atoms with Gasteiger partial charge in [0.2, 0.25) is 0 Å². The van der Waals surface area contributed by atoms with Gasteiger partial charge in [-0.2, -0.15) is 0 Å². The first kappa shape index (κ1) is 24.8. The summed E-state index contributed by atoms with van der Waals surface area (Å²) in [6, 6.07) is 12.6. The number of anilines is 2. The number of H-pyrrole nitrogens is 1. The third-order valence-corrected chi connectivity index (χ3v) is 8.38. The highest BCUT2D eigenvalue weighted by Gasteiger charge is 2.27. The van der Waals surface area contributed by atoms with E-state index in [9.17, 15) is 4.79 Å². The molecule has 6 nitrogen and oxygen atoms in total. The summed E-state index contributed by atoms with van der Waals surface area (Å²) in [6.07, 6.45) is 6.89. The Morgan fingerprint density at radius 1 is 1.08 bits per heavy atom. The summed E-state index contributed by atoms with van der Waals surface area (Å²) in [5.41, 5.74) is 5.47. The Morgan fingerprint density at radius 2 is 1.81 bits per heavy atom. The lowest BCUT2D eigenvalue weighted by Crippen LogP contribution is -2.55. The number of rotatable bonds is 5. The predicted molar refractivity (Wildman–Crippen MR) is 148 cm³/mol. The molecule has 2 N–H and O–H groups in total. The summed E-state index contributed by atoms with van der Waals surface area (Å²) in [5.74, 6) is 1.17. The topological polar surface area (TPSA) is 64.3 Å². The maximum atomic E-state index is 13.2. The van der Waals surface area contributed by atoms with Crippen molar-refractivity contribution in [3.05, 3.63) is 64.4 Å². The molecule has 0 spiro atoms. The molecule has 1 aromatic heterocycles. The first-order valence-corrected chi connectivity index (χ1v) is 13.4. The molecule has 1 aliphatic heterocycles. The summed E-state index contributed by atoms with van der Waals surface area (Å²) >= 11 is 6.52. The fourth-order valence-electron chi connectivity index (χ4n) is 5.61. The zero-order valence-corrected chi connectivity index (χ0v) is 22.4. The molecular formula is C29H36ClN5O. The van der Waals surface area contributed by atoms with Crippen molar-refractivity contribution < 1.29 is 4.79 Å². The van der Waals surface area contributed by atoms with Crippen molar-refractivity contribution in [3.8, 4) is 11.4 Å². The molecule has 0 radical (unpaired) electrons. The van der Waals surface area contributed by atoms with E-state index in [2.05, 4.69) is 58.1 Å². The van der Waals surface area contributed by atoms with Crippen LogP contribution in [0.1, 0.15) is 67.1 Å². The number of aromatic nitrogens is 2. The molecule has 1 amide bonds. The number of aromatic amines is 1. The largest absolute Gasteiger partial charge is 0.368 e. The number of nitrogens with one attached hydrogen (secondary N) is 2. The summed E-state index contributed by atoms with van der Waals surface area (Å²) < 4.78 is 0. The van der Waals surface area contributed by atoms with Gasteiger partial charge in [0.15, 0.2) is 0 Å². The lowest BCUT2D eigenvalue weighted by atomic mass is 10.0. The van der Waals surface area contributed by atoms with Gasteiger partial charge in [-0.3, -0.25) is 9.69 Å². The molecule has 0 unspecified atom stereocenters. The number of halogens is 1. The van der Waals surface area contributed by atoms with Crippen molar-refractivity contribution in [2.24, 2.45) is 0 Å². The molecule has 7 heteroatoms. The monoisotopic (exact) mass is 505 g/mol. The van der Waals surface area contributed by atoms with Crippen LogP contribution in [-0.4, -0.2) is 53.0 Å². The predicted octanol–water partition coefficient (Wildman–Crippen LogP) is 6.48. The molecule has 1 saturated carbocycles. The number of likely N-dealkylation sites (N-methyl/N-ethyl adjacent to an activating group) is 1. The van der Waals surface area contributed by atoms with Gasteiger partial charge in [0.25, 0.3) is 5.91 Å². The number of benzene rings is 2. The van der Waals surface area contributed by atoms with Crippen molar-refractivity contribution in [1.82, 2.24) is 14.9 Å². The normalized spacial score (nSPS) is 21.2. The Morgan fingerprint density at radius 3 is 2.50 bits per heavy atom. The Balaban J connectivity index is 1.31. The van der Waals surface area contributed by atoms with E-state index in [1.165, 1.54) is 37.1 Å². The van der Waals surface area contributed by atoms with Crippen molar-refractivity contribution in [2.45, 2.75) is 64.5 Å². The van der Waals surface area contributed by atoms with E-state index in [1.54, 1.807) is 0 Å². The molecular weight excluding hydrogens is 470 g/mol. The van der Waals surface area contributed by atoms with Gasteiger partial charge in [0, 0.05) is 65.5 Å². The van der Waals surface area contributed by atoms with Crippen LogP contribution in [0.15, 0.2) is 42.6 Å². The number of hydrogen-bond acceptors (Lipinski definition) is 4. The third kappa shape index (κ3) is 5.02. The zero-order valence-electron chi connectivity index (χ0n) is 21.6. The average Bonchev–Trinajstić information content (AvgIpc) is 3.55. The second-order valence-electron chi connectivity index (χ2n) is 10.6. The van der Waals surface area contributed by atoms with Crippen LogP contribution < -0.4 is 10.2 Å². The van der Waals surface area contributed by atoms with Crippen LogP contribution in [0.3, 0.4) is 0 Å². The van der Waals surface area contributed by atoms with E-state index in [-0.39, 0.29) is 5.91 Å². The highest BCUT2D eigenvalue weighted by Crippen LogP contribution is 2.35. The molecule has 3 aromatic rings. The summed E-state index contributed by atoms with van der Waals surface area (Å²) in [6.45, 7) is 8.48. The van der Waals surface area contributed by atoms with Gasteiger partial charge in [0.05, 0.1) is 5.02 Å². The van der Waals surface area contributed by atoms with E-state index in [0.717, 1.165) is 30.0 Å². The van der Waals surface area contributed by atoms with Gasteiger partial charge >= 0.3 is 0 Å². The molecule has 2 aliphatic rings. The van der Waals surface area contributed by atoms with E-state index < -0.39 is 0 Å². The van der Waals surface area contributed by atoms with E-state index in [1.807, 2.05) is 37.4 Å². The van der Waals surface area contributed by atoms with Crippen LogP contribution in [0.4, 0.5) is 11.4 Å². The maximum absolute atomic E-state index is 13.2.